The van der Waals surface area contributed by atoms with Gasteiger partial charge in [-0.25, -0.2) is 8.42 Å². The first kappa shape index (κ1) is 26.5. The van der Waals surface area contributed by atoms with Crippen LogP contribution in [0.4, 0.5) is 0 Å². The van der Waals surface area contributed by atoms with Gasteiger partial charge in [0.2, 0.25) is 0 Å². The molecule has 2 unspecified atom stereocenters. The lowest BCUT2D eigenvalue weighted by Crippen LogP contribution is -2.21. The maximum atomic E-state index is 13.7. The van der Waals surface area contributed by atoms with Crippen molar-refractivity contribution in [2.45, 2.75) is 49.2 Å². The van der Waals surface area contributed by atoms with Crippen LogP contribution in [0, 0.1) is 5.92 Å². The van der Waals surface area contributed by atoms with Gasteiger partial charge in [-0.3, -0.25) is 4.79 Å². The van der Waals surface area contributed by atoms with E-state index in [-0.39, 0.29) is 16.8 Å². The van der Waals surface area contributed by atoms with E-state index in [0.717, 1.165) is 18.4 Å². The van der Waals surface area contributed by atoms with E-state index in [1.807, 2.05) is 48.5 Å². The van der Waals surface area contributed by atoms with Crippen LogP contribution in [0.25, 0.3) is 0 Å². The first-order valence-corrected chi connectivity index (χ1v) is 13.6. The standard InChI is InChI=1S/C29H34O5S/c1-3-34-29(30)25(16-10-13-23-11-6-4-7-12-23)17-22-28(24-14-8-5-9-15-24)35(31,32)27-20-18-26(33-2)19-21-27/h4-9,11-12,14-15,18-21,25,28H,3,10,13,16-17,22H2,1-2H3. The molecule has 3 aromatic rings. The molecule has 0 aliphatic carbocycles. The molecule has 0 saturated carbocycles. The Morgan fingerprint density at radius 1 is 0.829 bits per heavy atom. The number of esters is 1. The molecule has 35 heavy (non-hydrogen) atoms. The van der Waals surface area contributed by atoms with Crippen LogP contribution in [0.15, 0.2) is 89.8 Å². The normalized spacial score (nSPS) is 13.1. The number of carbonyl (C=O) groups excluding carboxylic acids is 1. The van der Waals surface area contributed by atoms with Crippen LogP contribution >= 0.6 is 0 Å². The summed E-state index contributed by atoms with van der Waals surface area (Å²) in [5.41, 5.74) is 1.94. The number of hydrogen-bond donors (Lipinski definition) is 0. The summed E-state index contributed by atoms with van der Waals surface area (Å²) in [7, 11) is -2.14. The summed E-state index contributed by atoms with van der Waals surface area (Å²) in [5.74, 6) is -0.00818. The Bertz CT molecular complexity index is 1140. The molecule has 0 bridgehead atoms. The monoisotopic (exact) mass is 494 g/mol. The second-order valence-corrected chi connectivity index (χ2v) is 10.7. The first-order chi connectivity index (χ1) is 17.0. The van der Waals surface area contributed by atoms with Gasteiger partial charge in [-0.2, -0.15) is 0 Å². The van der Waals surface area contributed by atoms with Crippen molar-refractivity contribution >= 4 is 15.8 Å². The number of aryl methyl sites for hydroxylation is 1. The maximum Gasteiger partial charge on any atom is 0.308 e. The van der Waals surface area contributed by atoms with Crippen LogP contribution in [-0.4, -0.2) is 28.1 Å². The Morgan fingerprint density at radius 2 is 1.46 bits per heavy atom. The fourth-order valence-electron chi connectivity index (χ4n) is 4.29. The molecule has 0 heterocycles. The van der Waals surface area contributed by atoms with Crippen molar-refractivity contribution in [2.75, 3.05) is 13.7 Å². The van der Waals surface area contributed by atoms with Crippen molar-refractivity contribution in [2.24, 2.45) is 5.92 Å². The lowest BCUT2D eigenvalue weighted by atomic mass is 9.93. The molecule has 0 aromatic heterocycles. The molecule has 0 amide bonds. The molecule has 5 nitrogen and oxygen atoms in total. The zero-order valence-electron chi connectivity index (χ0n) is 20.4. The number of methoxy groups -OCH3 is 1. The van der Waals surface area contributed by atoms with Gasteiger partial charge in [0, 0.05) is 0 Å². The minimum atomic E-state index is -3.68. The highest BCUT2D eigenvalue weighted by molar-refractivity contribution is 7.91. The van der Waals surface area contributed by atoms with Gasteiger partial charge in [0.05, 0.1) is 29.8 Å². The van der Waals surface area contributed by atoms with Gasteiger partial charge < -0.3 is 9.47 Å². The molecule has 0 spiro atoms. The van der Waals surface area contributed by atoms with Crippen LogP contribution in [0.3, 0.4) is 0 Å². The van der Waals surface area contributed by atoms with E-state index < -0.39 is 15.1 Å². The van der Waals surface area contributed by atoms with Crippen LogP contribution in [0.5, 0.6) is 5.75 Å². The van der Waals surface area contributed by atoms with Crippen molar-refractivity contribution in [3.8, 4) is 5.75 Å². The predicted octanol–water partition coefficient (Wildman–Crippen LogP) is 6.19. The van der Waals surface area contributed by atoms with Crippen molar-refractivity contribution < 1.29 is 22.7 Å². The minimum Gasteiger partial charge on any atom is -0.497 e. The Balaban J connectivity index is 1.79. The van der Waals surface area contributed by atoms with Crippen LogP contribution < -0.4 is 4.74 Å². The third-order valence-electron chi connectivity index (χ3n) is 6.19. The topological polar surface area (TPSA) is 69.7 Å². The molecule has 6 heteroatoms. The largest absolute Gasteiger partial charge is 0.497 e. The molecular weight excluding hydrogens is 460 g/mol. The number of benzene rings is 3. The number of ether oxygens (including phenoxy) is 2. The summed E-state index contributed by atoms with van der Waals surface area (Å²) in [5, 5.41) is -0.761. The lowest BCUT2D eigenvalue weighted by Gasteiger charge is -2.22. The zero-order valence-corrected chi connectivity index (χ0v) is 21.2. The second kappa shape index (κ2) is 13.1. The molecule has 0 fully saturated rings. The number of rotatable bonds is 13. The highest BCUT2D eigenvalue weighted by atomic mass is 32.2. The van der Waals surface area contributed by atoms with Crippen molar-refractivity contribution in [1.82, 2.24) is 0 Å². The van der Waals surface area contributed by atoms with Gasteiger partial charge in [-0.05, 0) is 74.4 Å². The van der Waals surface area contributed by atoms with Crippen molar-refractivity contribution in [3.63, 3.8) is 0 Å². The Hall–Kier alpha value is -3.12. The summed E-state index contributed by atoms with van der Waals surface area (Å²) < 4.78 is 37.9. The molecule has 0 radical (unpaired) electrons. The van der Waals surface area contributed by atoms with E-state index in [2.05, 4.69) is 12.1 Å². The van der Waals surface area contributed by atoms with Crippen molar-refractivity contribution in [1.29, 1.82) is 0 Å². The van der Waals surface area contributed by atoms with E-state index in [9.17, 15) is 13.2 Å². The van der Waals surface area contributed by atoms with E-state index >= 15 is 0 Å². The molecule has 2 atom stereocenters. The van der Waals surface area contributed by atoms with E-state index in [0.29, 0.717) is 31.6 Å². The minimum absolute atomic E-state index is 0.240. The molecule has 0 N–H and O–H groups in total. The number of sulfone groups is 1. The molecule has 0 aliphatic rings. The SMILES string of the molecule is CCOC(=O)C(CCCc1ccccc1)CCC(c1ccccc1)S(=O)(=O)c1ccc(OC)cc1. The number of hydrogen-bond acceptors (Lipinski definition) is 5. The first-order valence-electron chi connectivity index (χ1n) is 12.1. The smallest absolute Gasteiger partial charge is 0.308 e. The van der Waals surface area contributed by atoms with Crippen LogP contribution in [0.1, 0.15) is 49.0 Å². The predicted molar refractivity (Wildman–Crippen MR) is 138 cm³/mol. The lowest BCUT2D eigenvalue weighted by molar-refractivity contribution is -0.148. The Labute approximate surface area is 209 Å². The van der Waals surface area contributed by atoms with E-state index in [1.54, 1.807) is 38.3 Å². The summed E-state index contributed by atoms with van der Waals surface area (Å²) in [6.45, 7) is 2.10. The third-order valence-corrected chi connectivity index (χ3v) is 8.38. The van der Waals surface area contributed by atoms with E-state index in [1.165, 1.54) is 5.56 Å². The average Bonchev–Trinajstić information content (AvgIpc) is 2.89. The summed E-state index contributed by atoms with van der Waals surface area (Å²) in [6, 6.07) is 25.8. The highest BCUT2D eigenvalue weighted by Gasteiger charge is 2.31. The summed E-state index contributed by atoms with van der Waals surface area (Å²) >= 11 is 0. The molecule has 3 aromatic carbocycles. The average molecular weight is 495 g/mol. The van der Waals surface area contributed by atoms with Crippen LogP contribution in [0.2, 0.25) is 0 Å². The van der Waals surface area contributed by atoms with Gasteiger partial charge >= 0.3 is 5.97 Å². The van der Waals surface area contributed by atoms with Gasteiger partial charge in [0.15, 0.2) is 9.84 Å². The summed E-state index contributed by atoms with van der Waals surface area (Å²) in [6.07, 6.45) is 3.10. The molecule has 0 saturated heterocycles. The third kappa shape index (κ3) is 7.43. The second-order valence-electron chi connectivity index (χ2n) is 8.52. The van der Waals surface area contributed by atoms with Gasteiger partial charge in [0.25, 0.3) is 0 Å². The molecular formula is C29H34O5S. The van der Waals surface area contributed by atoms with Gasteiger partial charge in [0.1, 0.15) is 5.75 Å². The quantitative estimate of drug-likeness (QED) is 0.265. The van der Waals surface area contributed by atoms with Crippen molar-refractivity contribution in [3.05, 3.63) is 96.1 Å². The fraction of sp³-hybridized carbons (Fsp3) is 0.345. The zero-order chi connectivity index (χ0) is 25.1. The highest BCUT2D eigenvalue weighted by Crippen LogP contribution is 2.35. The van der Waals surface area contributed by atoms with E-state index in [4.69, 9.17) is 9.47 Å². The Morgan fingerprint density at radius 3 is 2.06 bits per heavy atom. The van der Waals surface area contributed by atoms with Crippen LogP contribution in [-0.2, 0) is 25.8 Å². The Kier molecular flexibility index (Phi) is 9.91. The fourth-order valence-corrected chi connectivity index (χ4v) is 6.09. The number of carbonyl (C=O) groups is 1. The molecule has 0 aliphatic heterocycles. The molecule has 3 rings (SSSR count). The van der Waals surface area contributed by atoms with Gasteiger partial charge in [-0.15, -0.1) is 0 Å². The van der Waals surface area contributed by atoms with Gasteiger partial charge in [-0.1, -0.05) is 60.7 Å². The summed E-state index contributed by atoms with van der Waals surface area (Å²) in [4.78, 5) is 13.0. The maximum absolute atomic E-state index is 13.7. The molecule has 186 valence electrons.